The maximum Gasteiger partial charge on any atom is 0.436 e. The molecule has 0 saturated carbocycles. The average molecular weight is 299 g/mol. The molecular formula is C8H10BrF3N4. The first kappa shape index (κ1) is 11.7. The lowest BCUT2D eigenvalue weighted by Gasteiger charge is -2.24. The Kier molecular flexibility index (Phi) is 2.87. The minimum Gasteiger partial charge on any atom is -0.369 e. The van der Waals surface area contributed by atoms with Gasteiger partial charge in [-0.2, -0.15) is 18.3 Å². The molecule has 3 N–H and O–H groups in total. The third-order valence-corrected chi connectivity index (χ3v) is 3.26. The number of nitrogens with one attached hydrogen (secondary N) is 1. The third-order valence-electron chi connectivity index (χ3n) is 2.51. The monoisotopic (exact) mass is 298 g/mol. The van der Waals surface area contributed by atoms with Crippen LogP contribution in [-0.2, 0) is 6.18 Å². The van der Waals surface area contributed by atoms with Crippen LogP contribution in [0.2, 0.25) is 0 Å². The van der Waals surface area contributed by atoms with Crippen LogP contribution in [0.4, 0.5) is 19.0 Å². The number of fused-ring (bicyclic) bond motifs is 1. The summed E-state index contributed by atoms with van der Waals surface area (Å²) in [6.07, 6.45) is -3.78. The Labute approximate surface area is 98.1 Å². The molecule has 0 radical (unpaired) electrons. The Morgan fingerprint density at radius 2 is 2.25 bits per heavy atom. The molecule has 1 aliphatic heterocycles. The number of alkyl halides is 3. The van der Waals surface area contributed by atoms with Crippen molar-refractivity contribution in [3.63, 3.8) is 0 Å². The van der Waals surface area contributed by atoms with Crippen molar-refractivity contribution < 1.29 is 13.2 Å². The average Bonchev–Trinajstić information content (AvgIpc) is 2.56. The summed E-state index contributed by atoms with van der Waals surface area (Å²) in [6, 6.07) is -0.177. The standard InChI is InChI=1S/C8H10BrF3N4/c9-5-6(8(10,11)12)15-16-4(3-13)1-2-14-7(5)16/h4,14H,1-3,13H2. The minimum absolute atomic E-state index is 0.0434. The van der Waals surface area contributed by atoms with Crippen LogP contribution in [0.3, 0.4) is 0 Å². The molecule has 16 heavy (non-hydrogen) atoms. The van der Waals surface area contributed by atoms with Gasteiger partial charge >= 0.3 is 6.18 Å². The first-order valence-corrected chi connectivity index (χ1v) is 5.53. The molecule has 0 bridgehead atoms. The van der Waals surface area contributed by atoms with Crippen molar-refractivity contribution in [2.24, 2.45) is 5.73 Å². The topological polar surface area (TPSA) is 55.9 Å². The number of hydrogen-bond acceptors (Lipinski definition) is 3. The number of halogens is 4. The van der Waals surface area contributed by atoms with E-state index in [0.717, 1.165) is 0 Å². The SMILES string of the molecule is NCC1CCNc2c(Br)c(C(F)(F)F)nn21. The Morgan fingerprint density at radius 1 is 1.56 bits per heavy atom. The lowest BCUT2D eigenvalue weighted by Crippen LogP contribution is -2.29. The lowest BCUT2D eigenvalue weighted by atomic mass is 10.2. The predicted octanol–water partition coefficient (Wildman–Crippen LogP) is 1.98. The van der Waals surface area contributed by atoms with Gasteiger partial charge in [-0.25, -0.2) is 4.68 Å². The van der Waals surface area contributed by atoms with Gasteiger partial charge < -0.3 is 11.1 Å². The van der Waals surface area contributed by atoms with Crippen molar-refractivity contribution in [2.75, 3.05) is 18.4 Å². The fraction of sp³-hybridized carbons (Fsp3) is 0.625. The fourth-order valence-electron chi connectivity index (χ4n) is 1.72. The molecule has 0 spiro atoms. The number of rotatable bonds is 1. The van der Waals surface area contributed by atoms with Gasteiger partial charge in [0.2, 0.25) is 0 Å². The Balaban J connectivity index is 2.50. The fourth-order valence-corrected chi connectivity index (χ4v) is 2.34. The first-order valence-electron chi connectivity index (χ1n) is 4.74. The zero-order valence-electron chi connectivity index (χ0n) is 8.18. The normalized spacial score (nSPS) is 20.4. The summed E-state index contributed by atoms with van der Waals surface area (Å²) in [5, 5.41) is 6.46. The molecule has 2 heterocycles. The van der Waals surface area contributed by atoms with E-state index < -0.39 is 11.9 Å². The molecule has 1 unspecified atom stereocenters. The first-order chi connectivity index (χ1) is 7.45. The molecule has 1 aliphatic rings. The van der Waals surface area contributed by atoms with Crippen LogP contribution in [0.5, 0.6) is 0 Å². The number of anilines is 1. The van der Waals surface area contributed by atoms with E-state index in [1.165, 1.54) is 4.68 Å². The minimum atomic E-state index is -4.45. The van der Waals surface area contributed by atoms with Gasteiger partial charge in [0.1, 0.15) is 5.82 Å². The summed E-state index contributed by atoms with van der Waals surface area (Å²) in [4.78, 5) is 0. The lowest BCUT2D eigenvalue weighted by molar-refractivity contribution is -0.142. The molecular weight excluding hydrogens is 289 g/mol. The van der Waals surface area contributed by atoms with Gasteiger partial charge in [-0.05, 0) is 22.4 Å². The summed E-state index contributed by atoms with van der Waals surface area (Å²) in [5.41, 5.74) is 4.59. The molecule has 1 atom stereocenters. The van der Waals surface area contributed by atoms with Crippen LogP contribution in [0, 0.1) is 0 Å². The molecule has 4 nitrogen and oxygen atoms in total. The summed E-state index contributed by atoms with van der Waals surface area (Å²) in [7, 11) is 0. The van der Waals surface area contributed by atoms with Crippen LogP contribution in [0.1, 0.15) is 18.2 Å². The maximum absolute atomic E-state index is 12.6. The van der Waals surface area contributed by atoms with E-state index in [0.29, 0.717) is 18.8 Å². The van der Waals surface area contributed by atoms with Crippen LogP contribution < -0.4 is 11.1 Å². The van der Waals surface area contributed by atoms with Crippen molar-refractivity contribution in [2.45, 2.75) is 18.6 Å². The zero-order valence-corrected chi connectivity index (χ0v) is 9.77. The van der Waals surface area contributed by atoms with E-state index in [4.69, 9.17) is 5.73 Å². The number of nitrogens with two attached hydrogens (primary N) is 1. The molecule has 0 aromatic carbocycles. The van der Waals surface area contributed by atoms with Gasteiger partial charge in [0.15, 0.2) is 5.69 Å². The molecule has 0 fully saturated rings. The van der Waals surface area contributed by atoms with E-state index in [-0.39, 0.29) is 17.1 Å². The summed E-state index contributed by atoms with van der Waals surface area (Å²) >= 11 is 2.92. The number of nitrogens with zero attached hydrogens (tertiary/aromatic N) is 2. The molecule has 1 aromatic heterocycles. The van der Waals surface area contributed by atoms with Gasteiger partial charge in [-0.1, -0.05) is 0 Å². The van der Waals surface area contributed by atoms with Crippen LogP contribution in [0.15, 0.2) is 4.47 Å². The van der Waals surface area contributed by atoms with E-state index in [1.54, 1.807) is 0 Å². The molecule has 8 heteroatoms. The Hall–Kier alpha value is -0.760. The second-order valence-corrected chi connectivity index (χ2v) is 4.35. The summed E-state index contributed by atoms with van der Waals surface area (Å²) < 4.78 is 39.1. The van der Waals surface area contributed by atoms with Gasteiger partial charge in [0.05, 0.1) is 10.5 Å². The molecule has 2 rings (SSSR count). The van der Waals surface area contributed by atoms with Gasteiger partial charge in [0.25, 0.3) is 0 Å². The molecule has 90 valence electrons. The Bertz CT molecular complexity index is 401. The van der Waals surface area contributed by atoms with Crippen molar-refractivity contribution in [1.82, 2.24) is 9.78 Å². The highest BCUT2D eigenvalue weighted by Gasteiger charge is 2.40. The van der Waals surface area contributed by atoms with Crippen molar-refractivity contribution in [3.8, 4) is 0 Å². The van der Waals surface area contributed by atoms with E-state index in [2.05, 4.69) is 26.3 Å². The van der Waals surface area contributed by atoms with E-state index in [9.17, 15) is 13.2 Å². The smallest absolute Gasteiger partial charge is 0.369 e. The highest BCUT2D eigenvalue weighted by molar-refractivity contribution is 9.10. The van der Waals surface area contributed by atoms with Crippen molar-refractivity contribution in [1.29, 1.82) is 0 Å². The van der Waals surface area contributed by atoms with Gasteiger partial charge in [-0.15, -0.1) is 0 Å². The molecule has 0 amide bonds. The van der Waals surface area contributed by atoms with Crippen LogP contribution in [-0.4, -0.2) is 22.9 Å². The second-order valence-electron chi connectivity index (χ2n) is 3.56. The van der Waals surface area contributed by atoms with Gasteiger partial charge in [-0.3, -0.25) is 0 Å². The predicted molar refractivity (Wildman–Crippen MR) is 56.1 cm³/mol. The largest absolute Gasteiger partial charge is 0.436 e. The quantitative estimate of drug-likeness (QED) is 0.833. The Morgan fingerprint density at radius 3 is 2.81 bits per heavy atom. The third kappa shape index (κ3) is 1.80. The van der Waals surface area contributed by atoms with Crippen molar-refractivity contribution in [3.05, 3.63) is 10.2 Å². The maximum atomic E-state index is 12.6. The van der Waals surface area contributed by atoms with Gasteiger partial charge in [0, 0.05) is 13.1 Å². The molecule has 0 aliphatic carbocycles. The van der Waals surface area contributed by atoms with Crippen LogP contribution >= 0.6 is 15.9 Å². The highest BCUT2D eigenvalue weighted by Crippen LogP contribution is 2.40. The second kappa shape index (κ2) is 3.92. The molecule has 0 saturated heterocycles. The molecule has 1 aromatic rings. The summed E-state index contributed by atoms with van der Waals surface area (Å²) in [6.45, 7) is 0.879. The van der Waals surface area contributed by atoms with E-state index >= 15 is 0 Å². The number of aromatic nitrogens is 2. The summed E-state index contributed by atoms with van der Waals surface area (Å²) in [5.74, 6) is 0.356. The number of hydrogen-bond donors (Lipinski definition) is 2. The van der Waals surface area contributed by atoms with E-state index in [1.807, 2.05) is 0 Å². The highest BCUT2D eigenvalue weighted by atomic mass is 79.9. The van der Waals surface area contributed by atoms with Crippen molar-refractivity contribution >= 4 is 21.7 Å². The van der Waals surface area contributed by atoms with Crippen LogP contribution in [0.25, 0.3) is 0 Å². The zero-order chi connectivity index (χ0) is 11.9.